The van der Waals surface area contributed by atoms with Crippen LogP contribution < -0.4 is 0 Å². The Bertz CT molecular complexity index is 1200. The summed E-state index contributed by atoms with van der Waals surface area (Å²) in [6.07, 6.45) is 5.12. The topological polar surface area (TPSA) is 66.8 Å². The fraction of sp³-hybridized carbons (Fsp3) is 0.190. The van der Waals surface area contributed by atoms with E-state index in [1.807, 2.05) is 12.5 Å². The molecule has 4 aromatic rings. The standard InChI is InChI=1S/C21H19N5O/c1-3-20(27)25-10-15(11-25)26-12-22-18-8-14(5-7-19(18)26)21-13(2)4-6-17-16(21)9-23-24-17/h3-9,12,15H,1,10-11H2,2H3,(H,23,24). The summed E-state index contributed by atoms with van der Waals surface area (Å²) in [6, 6.07) is 10.8. The summed E-state index contributed by atoms with van der Waals surface area (Å²) in [7, 11) is 0. The van der Waals surface area contributed by atoms with Crippen molar-refractivity contribution in [3.05, 3.63) is 61.1 Å². The number of imidazole rings is 1. The number of carbonyl (C=O) groups is 1. The van der Waals surface area contributed by atoms with Crippen LogP contribution in [0.1, 0.15) is 11.6 Å². The molecule has 1 saturated heterocycles. The van der Waals surface area contributed by atoms with Crippen molar-refractivity contribution in [1.82, 2.24) is 24.6 Å². The van der Waals surface area contributed by atoms with Gasteiger partial charge in [0.2, 0.25) is 5.91 Å². The molecule has 0 radical (unpaired) electrons. The molecule has 0 aliphatic carbocycles. The van der Waals surface area contributed by atoms with Gasteiger partial charge in [-0.1, -0.05) is 18.7 Å². The highest BCUT2D eigenvalue weighted by molar-refractivity contribution is 5.98. The number of fused-ring (bicyclic) bond motifs is 2. The van der Waals surface area contributed by atoms with Gasteiger partial charge in [-0.05, 0) is 47.9 Å². The second-order valence-electron chi connectivity index (χ2n) is 7.05. The van der Waals surface area contributed by atoms with Crippen LogP contribution in [0, 0.1) is 6.92 Å². The maximum atomic E-state index is 11.7. The minimum absolute atomic E-state index is 0.0124. The molecule has 1 aliphatic heterocycles. The number of hydrogen-bond donors (Lipinski definition) is 1. The van der Waals surface area contributed by atoms with Crippen molar-refractivity contribution in [2.75, 3.05) is 13.1 Å². The molecule has 6 nitrogen and oxygen atoms in total. The Morgan fingerprint density at radius 2 is 2.15 bits per heavy atom. The number of H-pyrrole nitrogens is 1. The maximum absolute atomic E-state index is 11.7. The molecule has 1 aliphatic rings. The van der Waals surface area contributed by atoms with Crippen molar-refractivity contribution in [2.24, 2.45) is 0 Å². The predicted octanol–water partition coefficient (Wildman–Crippen LogP) is 3.46. The van der Waals surface area contributed by atoms with Crippen molar-refractivity contribution < 1.29 is 4.79 Å². The number of aryl methyl sites for hydroxylation is 1. The van der Waals surface area contributed by atoms with Gasteiger partial charge in [0.1, 0.15) is 0 Å². The minimum Gasteiger partial charge on any atom is -0.335 e. The number of amides is 1. The number of aromatic amines is 1. The van der Waals surface area contributed by atoms with E-state index in [1.54, 1.807) is 4.90 Å². The second-order valence-corrected chi connectivity index (χ2v) is 7.05. The summed E-state index contributed by atoms with van der Waals surface area (Å²) >= 11 is 0. The van der Waals surface area contributed by atoms with Gasteiger partial charge in [0.25, 0.3) is 0 Å². The molecular weight excluding hydrogens is 338 g/mol. The monoisotopic (exact) mass is 357 g/mol. The largest absolute Gasteiger partial charge is 0.335 e. The van der Waals surface area contributed by atoms with Crippen LogP contribution in [0.2, 0.25) is 0 Å². The average Bonchev–Trinajstić information content (AvgIpc) is 3.27. The van der Waals surface area contributed by atoms with Gasteiger partial charge in [-0.2, -0.15) is 5.10 Å². The molecule has 27 heavy (non-hydrogen) atoms. The highest BCUT2D eigenvalue weighted by atomic mass is 16.2. The summed E-state index contributed by atoms with van der Waals surface area (Å²) in [5.41, 5.74) is 6.61. The van der Waals surface area contributed by atoms with E-state index in [4.69, 9.17) is 0 Å². The molecule has 2 aromatic heterocycles. The molecule has 5 rings (SSSR count). The van der Waals surface area contributed by atoms with Gasteiger partial charge >= 0.3 is 0 Å². The molecule has 0 saturated carbocycles. The van der Waals surface area contributed by atoms with Gasteiger partial charge in [-0.25, -0.2) is 4.98 Å². The lowest BCUT2D eigenvalue weighted by atomic mass is 9.96. The first-order valence-electron chi connectivity index (χ1n) is 8.96. The molecule has 3 heterocycles. The van der Waals surface area contributed by atoms with Crippen molar-refractivity contribution in [3.8, 4) is 11.1 Å². The number of nitrogens with zero attached hydrogens (tertiary/aromatic N) is 4. The lowest BCUT2D eigenvalue weighted by Gasteiger charge is -2.39. The van der Waals surface area contributed by atoms with Crippen LogP contribution in [0.4, 0.5) is 0 Å². The fourth-order valence-electron chi connectivity index (χ4n) is 3.93. The van der Waals surface area contributed by atoms with Crippen molar-refractivity contribution in [3.63, 3.8) is 0 Å². The van der Waals surface area contributed by atoms with Crippen molar-refractivity contribution in [2.45, 2.75) is 13.0 Å². The lowest BCUT2D eigenvalue weighted by molar-refractivity contribution is -0.131. The number of aromatic nitrogens is 4. The van der Waals surface area contributed by atoms with E-state index in [1.165, 1.54) is 17.2 Å². The predicted molar refractivity (Wildman–Crippen MR) is 105 cm³/mol. The molecule has 1 amide bonds. The molecule has 0 unspecified atom stereocenters. The van der Waals surface area contributed by atoms with Gasteiger partial charge < -0.3 is 9.47 Å². The van der Waals surface area contributed by atoms with E-state index in [9.17, 15) is 4.79 Å². The first-order valence-corrected chi connectivity index (χ1v) is 8.96. The van der Waals surface area contributed by atoms with Gasteiger partial charge in [0, 0.05) is 18.5 Å². The van der Waals surface area contributed by atoms with Gasteiger partial charge in [-0.3, -0.25) is 9.89 Å². The van der Waals surface area contributed by atoms with Crippen molar-refractivity contribution in [1.29, 1.82) is 0 Å². The molecule has 1 N–H and O–H groups in total. The Hall–Kier alpha value is -3.41. The zero-order valence-corrected chi connectivity index (χ0v) is 15.0. The fourth-order valence-corrected chi connectivity index (χ4v) is 3.93. The Kier molecular flexibility index (Phi) is 3.40. The van der Waals surface area contributed by atoms with Gasteiger partial charge in [0.05, 0.1) is 35.1 Å². The molecule has 134 valence electrons. The van der Waals surface area contributed by atoms with E-state index < -0.39 is 0 Å². The first kappa shape index (κ1) is 15.8. The number of benzene rings is 2. The number of carbonyl (C=O) groups excluding carboxylic acids is 1. The van der Waals surface area contributed by atoms with Crippen LogP contribution in [0.25, 0.3) is 33.1 Å². The van der Waals surface area contributed by atoms with Crippen LogP contribution in [-0.4, -0.2) is 43.6 Å². The summed E-state index contributed by atoms with van der Waals surface area (Å²) in [5, 5.41) is 8.34. The van der Waals surface area contributed by atoms with Crippen LogP contribution >= 0.6 is 0 Å². The maximum Gasteiger partial charge on any atom is 0.246 e. The van der Waals surface area contributed by atoms with Crippen molar-refractivity contribution >= 4 is 27.8 Å². The third kappa shape index (κ3) is 2.37. The Morgan fingerprint density at radius 3 is 2.96 bits per heavy atom. The summed E-state index contributed by atoms with van der Waals surface area (Å²) in [4.78, 5) is 18.1. The van der Waals surface area contributed by atoms with E-state index in [0.717, 1.165) is 27.5 Å². The summed E-state index contributed by atoms with van der Waals surface area (Å²) < 4.78 is 2.16. The third-order valence-electron chi connectivity index (χ3n) is 5.44. The van der Waals surface area contributed by atoms with E-state index in [0.29, 0.717) is 13.1 Å². The zero-order valence-electron chi connectivity index (χ0n) is 15.0. The average molecular weight is 357 g/mol. The lowest BCUT2D eigenvalue weighted by Crippen LogP contribution is -2.49. The number of likely N-dealkylation sites (tertiary alicyclic amines) is 1. The highest BCUT2D eigenvalue weighted by Crippen LogP contribution is 2.34. The minimum atomic E-state index is -0.0124. The molecule has 0 spiro atoms. The normalized spacial score (nSPS) is 14.6. The smallest absolute Gasteiger partial charge is 0.246 e. The van der Waals surface area contributed by atoms with Crippen LogP contribution in [-0.2, 0) is 4.79 Å². The van der Waals surface area contributed by atoms with Gasteiger partial charge in [-0.15, -0.1) is 0 Å². The first-order chi connectivity index (χ1) is 13.2. The summed E-state index contributed by atoms with van der Waals surface area (Å²) in [5.74, 6) is -0.0124. The highest BCUT2D eigenvalue weighted by Gasteiger charge is 2.31. The molecule has 2 aromatic carbocycles. The number of nitrogens with one attached hydrogen (secondary N) is 1. The number of hydrogen-bond acceptors (Lipinski definition) is 3. The third-order valence-corrected chi connectivity index (χ3v) is 5.44. The quantitative estimate of drug-likeness (QED) is 0.571. The SMILES string of the molecule is C=CC(=O)N1CC(n2cnc3cc(-c4c(C)ccc5[nH]ncc45)ccc32)C1. The Morgan fingerprint density at radius 1 is 1.30 bits per heavy atom. The number of rotatable bonds is 3. The Labute approximate surface area is 156 Å². The molecule has 6 heteroatoms. The van der Waals surface area contributed by atoms with E-state index in [2.05, 4.69) is 63.6 Å². The summed E-state index contributed by atoms with van der Waals surface area (Å²) in [6.45, 7) is 7.06. The van der Waals surface area contributed by atoms with Gasteiger partial charge in [0.15, 0.2) is 0 Å². The second kappa shape index (κ2) is 5.81. The molecule has 1 fully saturated rings. The van der Waals surface area contributed by atoms with Crippen LogP contribution in [0.15, 0.2) is 55.5 Å². The van der Waals surface area contributed by atoms with Crippen LogP contribution in [0.3, 0.4) is 0 Å². The zero-order chi connectivity index (χ0) is 18.5. The molecule has 0 bridgehead atoms. The molecule has 0 atom stereocenters. The van der Waals surface area contributed by atoms with Crippen LogP contribution in [0.5, 0.6) is 0 Å². The molecular formula is C21H19N5O. The van der Waals surface area contributed by atoms with E-state index >= 15 is 0 Å². The Balaban J connectivity index is 1.53. The van der Waals surface area contributed by atoms with E-state index in [-0.39, 0.29) is 11.9 Å².